The minimum Gasteiger partial charge on any atom is -0.391 e. The summed E-state index contributed by atoms with van der Waals surface area (Å²) in [6, 6.07) is 8.67. The average molecular weight is 187 g/mol. The molecule has 1 N–H and O–H groups in total. The van der Waals surface area contributed by atoms with Crippen molar-refractivity contribution in [3.05, 3.63) is 35.5 Å². The van der Waals surface area contributed by atoms with Crippen molar-refractivity contribution in [3.8, 4) is 0 Å². The van der Waals surface area contributed by atoms with E-state index in [1.165, 1.54) is 22.2 Å². The number of aryl methyl sites for hydroxylation is 1. The van der Waals surface area contributed by atoms with E-state index in [2.05, 4.69) is 35.8 Å². The Bertz CT molecular complexity index is 498. The molecule has 0 saturated heterocycles. The predicted octanol–water partition coefficient (Wildman–Crippen LogP) is 1.87. The molecule has 1 atom stereocenters. The predicted molar refractivity (Wildman–Crippen MR) is 56.4 cm³/mol. The smallest absolute Gasteiger partial charge is 0.0773 e. The molecule has 2 heteroatoms. The van der Waals surface area contributed by atoms with Crippen LogP contribution in [0.25, 0.3) is 10.9 Å². The van der Waals surface area contributed by atoms with Crippen LogP contribution in [-0.2, 0) is 13.0 Å². The molecule has 0 amide bonds. The highest BCUT2D eigenvalue weighted by atomic mass is 16.3. The summed E-state index contributed by atoms with van der Waals surface area (Å²) in [6.07, 6.45) is 0.614. The van der Waals surface area contributed by atoms with Gasteiger partial charge in [0.2, 0.25) is 0 Å². The standard InChI is InChI=1S/C12H13NO/c1-8-2-3-9-5-10-6-11(14)7-13(10)12(9)4-8/h2-5,11,14H,6-7H2,1H3. The molecule has 14 heavy (non-hydrogen) atoms. The van der Waals surface area contributed by atoms with Gasteiger partial charge in [-0.15, -0.1) is 0 Å². The normalized spacial score (nSPS) is 20.3. The summed E-state index contributed by atoms with van der Waals surface area (Å²) in [5.74, 6) is 0. The first-order valence-corrected chi connectivity index (χ1v) is 5.01. The van der Waals surface area contributed by atoms with Gasteiger partial charge in [-0.1, -0.05) is 12.1 Å². The average Bonchev–Trinajstić information content (AvgIpc) is 2.62. The van der Waals surface area contributed by atoms with Crippen LogP contribution >= 0.6 is 0 Å². The molecule has 1 aromatic carbocycles. The SMILES string of the molecule is Cc1ccc2cc3n(c2c1)CC(O)C3. The van der Waals surface area contributed by atoms with Gasteiger partial charge in [0.05, 0.1) is 6.10 Å². The van der Waals surface area contributed by atoms with Crippen molar-refractivity contribution in [2.24, 2.45) is 0 Å². The number of aliphatic hydroxyl groups excluding tert-OH is 1. The molecule has 2 nitrogen and oxygen atoms in total. The van der Waals surface area contributed by atoms with E-state index in [0.717, 1.165) is 13.0 Å². The molecule has 72 valence electrons. The van der Waals surface area contributed by atoms with Gasteiger partial charge in [-0.05, 0) is 30.0 Å². The highest BCUT2D eigenvalue weighted by molar-refractivity contribution is 5.82. The lowest BCUT2D eigenvalue weighted by molar-refractivity contribution is 0.176. The highest BCUT2D eigenvalue weighted by Crippen LogP contribution is 2.26. The molecule has 1 aliphatic rings. The molecule has 0 radical (unpaired) electrons. The third-order valence-electron chi connectivity index (χ3n) is 2.98. The highest BCUT2D eigenvalue weighted by Gasteiger charge is 2.20. The Labute approximate surface area is 82.8 Å². The summed E-state index contributed by atoms with van der Waals surface area (Å²) in [5, 5.41) is 10.8. The van der Waals surface area contributed by atoms with Crippen LogP contribution < -0.4 is 0 Å². The number of aliphatic hydroxyl groups is 1. The van der Waals surface area contributed by atoms with Crippen LogP contribution in [0, 0.1) is 6.92 Å². The van der Waals surface area contributed by atoms with E-state index < -0.39 is 0 Å². The number of aromatic nitrogens is 1. The zero-order valence-corrected chi connectivity index (χ0v) is 8.20. The number of nitrogens with zero attached hydrogens (tertiary/aromatic N) is 1. The van der Waals surface area contributed by atoms with Gasteiger partial charge >= 0.3 is 0 Å². The summed E-state index contributed by atoms with van der Waals surface area (Å²) in [7, 11) is 0. The van der Waals surface area contributed by atoms with Gasteiger partial charge < -0.3 is 9.67 Å². The number of hydrogen-bond acceptors (Lipinski definition) is 1. The third-order valence-corrected chi connectivity index (χ3v) is 2.98. The topological polar surface area (TPSA) is 25.2 Å². The van der Waals surface area contributed by atoms with Gasteiger partial charge in [-0.2, -0.15) is 0 Å². The van der Waals surface area contributed by atoms with Gasteiger partial charge in [0, 0.05) is 24.2 Å². The zero-order valence-electron chi connectivity index (χ0n) is 8.20. The molecule has 3 rings (SSSR count). The van der Waals surface area contributed by atoms with Crippen molar-refractivity contribution < 1.29 is 5.11 Å². The van der Waals surface area contributed by atoms with Crippen LogP contribution in [0.4, 0.5) is 0 Å². The number of rotatable bonds is 0. The second kappa shape index (κ2) is 2.61. The van der Waals surface area contributed by atoms with E-state index >= 15 is 0 Å². The fourth-order valence-electron chi connectivity index (χ4n) is 2.32. The van der Waals surface area contributed by atoms with Crippen LogP contribution in [0.15, 0.2) is 24.3 Å². The van der Waals surface area contributed by atoms with E-state index in [-0.39, 0.29) is 6.10 Å². The van der Waals surface area contributed by atoms with Gasteiger partial charge in [-0.3, -0.25) is 0 Å². The fourth-order valence-corrected chi connectivity index (χ4v) is 2.32. The Kier molecular flexibility index (Phi) is 1.50. The first-order valence-electron chi connectivity index (χ1n) is 5.01. The molecule has 1 unspecified atom stereocenters. The van der Waals surface area contributed by atoms with E-state index in [9.17, 15) is 5.11 Å². The van der Waals surface area contributed by atoms with Crippen LogP contribution in [0.2, 0.25) is 0 Å². The molecule has 2 aromatic rings. The summed E-state index contributed by atoms with van der Waals surface area (Å²) in [6.45, 7) is 2.85. The molecule has 2 heterocycles. The van der Waals surface area contributed by atoms with Crippen LogP contribution in [-0.4, -0.2) is 15.8 Å². The summed E-state index contributed by atoms with van der Waals surface area (Å²) < 4.78 is 2.23. The van der Waals surface area contributed by atoms with Crippen molar-refractivity contribution in [3.63, 3.8) is 0 Å². The maximum atomic E-state index is 9.55. The van der Waals surface area contributed by atoms with E-state index in [1.54, 1.807) is 0 Å². The minimum atomic E-state index is -0.185. The number of fused-ring (bicyclic) bond motifs is 3. The second-order valence-corrected chi connectivity index (χ2v) is 4.17. The Morgan fingerprint density at radius 1 is 1.36 bits per heavy atom. The first kappa shape index (κ1) is 8.06. The maximum absolute atomic E-state index is 9.55. The van der Waals surface area contributed by atoms with Crippen molar-refractivity contribution in [1.29, 1.82) is 0 Å². The van der Waals surface area contributed by atoms with E-state index in [0.29, 0.717) is 0 Å². The molecule has 1 aromatic heterocycles. The van der Waals surface area contributed by atoms with E-state index in [1.807, 2.05) is 0 Å². The fraction of sp³-hybridized carbons (Fsp3) is 0.333. The van der Waals surface area contributed by atoms with Gasteiger partial charge in [-0.25, -0.2) is 0 Å². The van der Waals surface area contributed by atoms with Gasteiger partial charge in [0.15, 0.2) is 0 Å². The summed E-state index contributed by atoms with van der Waals surface area (Å²) >= 11 is 0. The zero-order chi connectivity index (χ0) is 9.71. The summed E-state index contributed by atoms with van der Waals surface area (Å²) in [4.78, 5) is 0. The molecule has 0 spiro atoms. The lowest BCUT2D eigenvalue weighted by Crippen LogP contribution is -2.07. The van der Waals surface area contributed by atoms with E-state index in [4.69, 9.17) is 0 Å². The molecular weight excluding hydrogens is 174 g/mol. The van der Waals surface area contributed by atoms with Gasteiger partial charge in [0.1, 0.15) is 0 Å². The lowest BCUT2D eigenvalue weighted by Gasteiger charge is -2.02. The summed E-state index contributed by atoms with van der Waals surface area (Å²) in [5.41, 5.74) is 3.80. The molecular formula is C12H13NO. The Morgan fingerprint density at radius 2 is 2.21 bits per heavy atom. The maximum Gasteiger partial charge on any atom is 0.0773 e. The Hall–Kier alpha value is -1.28. The van der Waals surface area contributed by atoms with Crippen molar-refractivity contribution >= 4 is 10.9 Å². The largest absolute Gasteiger partial charge is 0.391 e. The molecule has 0 fully saturated rings. The first-order chi connectivity index (χ1) is 6.74. The van der Waals surface area contributed by atoms with Crippen molar-refractivity contribution in [2.75, 3.05) is 0 Å². The number of benzene rings is 1. The molecule has 0 bridgehead atoms. The van der Waals surface area contributed by atoms with Crippen LogP contribution in [0.1, 0.15) is 11.3 Å². The third kappa shape index (κ3) is 1.01. The van der Waals surface area contributed by atoms with Gasteiger partial charge in [0.25, 0.3) is 0 Å². The second-order valence-electron chi connectivity index (χ2n) is 4.17. The van der Waals surface area contributed by atoms with Crippen molar-refractivity contribution in [1.82, 2.24) is 4.57 Å². The molecule has 0 aliphatic carbocycles. The molecule has 1 aliphatic heterocycles. The minimum absolute atomic E-state index is 0.185. The Balaban J connectivity index is 2.30. The monoisotopic (exact) mass is 187 g/mol. The number of hydrogen-bond donors (Lipinski definition) is 1. The lowest BCUT2D eigenvalue weighted by atomic mass is 10.1. The van der Waals surface area contributed by atoms with Crippen molar-refractivity contribution in [2.45, 2.75) is 26.0 Å². The van der Waals surface area contributed by atoms with Crippen LogP contribution in [0.5, 0.6) is 0 Å². The van der Waals surface area contributed by atoms with Crippen LogP contribution in [0.3, 0.4) is 0 Å². The quantitative estimate of drug-likeness (QED) is 0.669. The molecule has 0 saturated carbocycles. The Morgan fingerprint density at radius 3 is 3.07 bits per heavy atom.